The highest BCUT2D eigenvalue weighted by molar-refractivity contribution is 7.16. The van der Waals surface area contributed by atoms with Crippen molar-refractivity contribution in [2.75, 3.05) is 10.6 Å². The maximum atomic E-state index is 12.7. The number of hydrogen-bond acceptors (Lipinski definition) is 6. The van der Waals surface area contributed by atoms with Crippen LogP contribution >= 0.6 is 22.7 Å². The minimum absolute atomic E-state index is 0.241. The van der Waals surface area contributed by atoms with Crippen molar-refractivity contribution in [3.8, 4) is 16.3 Å². The lowest BCUT2D eigenvalue weighted by atomic mass is 10.1. The van der Waals surface area contributed by atoms with Gasteiger partial charge in [0, 0.05) is 23.1 Å². The second kappa shape index (κ2) is 8.33. The highest BCUT2D eigenvalue weighted by atomic mass is 32.1. The Morgan fingerprint density at radius 3 is 2.74 bits per heavy atom. The monoisotopic (exact) mass is 447 g/mol. The van der Waals surface area contributed by atoms with Gasteiger partial charge in [-0.2, -0.15) is 0 Å². The van der Waals surface area contributed by atoms with Gasteiger partial charge >= 0.3 is 0 Å². The van der Waals surface area contributed by atoms with E-state index >= 15 is 0 Å². The third kappa shape index (κ3) is 4.21. The first-order valence-electron chi connectivity index (χ1n) is 9.62. The van der Waals surface area contributed by atoms with Gasteiger partial charge in [-0.3, -0.25) is 14.9 Å². The highest BCUT2D eigenvalue weighted by Gasteiger charge is 2.28. The summed E-state index contributed by atoms with van der Waals surface area (Å²) in [5, 5.41) is 10.1. The third-order valence-electron chi connectivity index (χ3n) is 4.83. The number of nitrogens with one attached hydrogen (secondary N) is 2. The Hall–Kier alpha value is -3.49. The van der Waals surface area contributed by atoms with E-state index < -0.39 is 6.10 Å². The minimum Gasteiger partial charge on any atom is -0.480 e. The Labute approximate surface area is 186 Å². The predicted molar refractivity (Wildman–Crippen MR) is 123 cm³/mol. The van der Waals surface area contributed by atoms with Gasteiger partial charge in [0.05, 0.1) is 10.6 Å². The summed E-state index contributed by atoms with van der Waals surface area (Å²) in [5.41, 5.74) is 2.83. The molecule has 2 amide bonds. The summed E-state index contributed by atoms with van der Waals surface area (Å²) in [6, 6.07) is 18.4. The summed E-state index contributed by atoms with van der Waals surface area (Å²) >= 11 is 2.97. The van der Waals surface area contributed by atoms with Crippen LogP contribution in [0.4, 0.5) is 10.8 Å². The number of amides is 2. The van der Waals surface area contributed by atoms with Gasteiger partial charge < -0.3 is 10.1 Å². The van der Waals surface area contributed by atoms with Crippen molar-refractivity contribution in [2.24, 2.45) is 0 Å². The number of aromatic nitrogens is 1. The number of rotatable bonds is 5. The molecule has 31 heavy (non-hydrogen) atoms. The van der Waals surface area contributed by atoms with Crippen molar-refractivity contribution in [3.63, 3.8) is 0 Å². The summed E-state index contributed by atoms with van der Waals surface area (Å²) < 4.78 is 5.73. The van der Waals surface area contributed by atoms with Gasteiger partial charge in [0.25, 0.3) is 11.8 Å². The quantitative estimate of drug-likeness (QED) is 0.448. The van der Waals surface area contributed by atoms with E-state index in [1.165, 1.54) is 11.3 Å². The van der Waals surface area contributed by atoms with Crippen LogP contribution in [0.1, 0.15) is 15.9 Å². The van der Waals surface area contributed by atoms with Crippen molar-refractivity contribution in [1.29, 1.82) is 0 Å². The minimum atomic E-state index is -0.583. The van der Waals surface area contributed by atoms with E-state index in [0.717, 1.165) is 21.9 Å². The molecule has 0 fully saturated rings. The van der Waals surface area contributed by atoms with Crippen LogP contribution in [-0.2, 0) is 11.2 Å². The Morgan fingerprint density at radius 1 is 1.00 bits per heavy atom. The second-order valence-corrected chi connectivity index (χ2v) is 8.76. The molecule has 0 saturated carbocycles. The number of benzene rings is 2. The molecule has 2 aromatic carbocycles. The number of carbonyl (C=O) groups is 2. The number of nitrogens with zero attached hydrogens (tertiary/aromatic N) is 1. The average molecular weight is 448 g/mol. The summed E-state index contributed by atoms with van der Waals surface area (Å²) in [7, 11) is 0. The molecule has 4 aromatic rings. The van der Waals surface area contributed by atoms with E-state index in [9.17, 15) is 9.59 Å². The van der Waals surface area contributed by atoms with Crippen LogP contribution in [0.2, 0.25) is 0 Å². The molecule has 1 aliphatic heterocycles. The van der Waals surface area contributed by atoms with E-state index in [4.69, 9.17) is 4.74 Å². The Balaban J connectivity index is 1.24. The van der Waals surface area contributed by atoms with E-state index in [-0.39, 0.29) is 11.8 Å². The first-order valence-corrected chi connectivity index (χ1v) is 11.4. The van der Waals surface area contributed by atoms with Crippen molar-refractivity contribution < 1.29 is 14.3 Å². The lowest BCUT2D eigenvalue weighted by molar-refractivity contribution is -0.122. The molecule has 0 bridgehead atoms. The molecule has 0 aliphatic carbocycles. The van der Waals surface area contributed by atoms with Crippen LogP contribution in [0, 0.1) is 0 Å². The van der Waals surface area contributed by atoms with Crippen LogP contribution in [0.25, 0.3) is 10.6 Å². The molecule has 1 unspecified atom stereocenters. The molecule has 1 aliphatic rings. The van der Waals surface area contributed by atoms with E-state index in [1.807, 2.05) is 47.2 Å². The number of carbonyl (C=O) groups excluding carboxylic acids is 2. The molecule has 1 atom stereocenters. The van der Waals surface area contributed by atoms with Crippen molar-refractivity contribution in [1.82, 2.24) is 4.98 Å². The molecule has 2 aromatic heterocycles. The van der Waals surface area contributed by atoms with E-state index in [0.29, 0.717) is 22.8 Å². The van der Waals surface area contributed by atoms with Crippen LogP contribution in [0.5, 0.6) is 5.75 Å². The molecule has 5 rings (SSSR count). The van der Waals surface area contributed by atoms with E-state index in [2.05, 4.69) is 15.6 Å². The number of anilines is 2. The van der Waals surface area contributed by atoms with Crippen molar-refractivity contribution >= 4 is 45.3 Å². The zero-order chi connectivity index (χ0) is 21.2. The Morgan fingerprint density at radius 2 is 1.90 bits per heavy atom. The van der Waals surface area contributed by atoms with Gasteiger partial charge in [0.2, 0.25) is 0 Å². The fourth-order valence-corrected chi connectivity index (χ4v) is 4.79. The Bertz CT molecular complexity index is 1230. The molecule has 0 spiro atoms. The molecule has 6 nitrogen and oxygen atoms in total. The Kier molecular flexibility index (Phi) is 5.23. The molecule has 0 radical (unpaired) electrons. The van der Waals surface area contributed by atoms with Gasteiger partial charge in [-0.15, -0.1) is 22.7 Å². The molecule has 8 heteroatoms. The van der Waals surface area contributed by atoms with Gasteiger partial charge in [0.1, 0.15) is 5.75 Å². The van der Waals surface area contributed by atoms with E-state index in [1.54, 1.807) is 35.6 Å². The molecule has 3 heterocycles. The molecule has 2 N–H and O–H groups in total. The summed E-state index contributed by atoms with van der Waals surface area (Å²) in [6.45, 7) is 0. The fraction of sp³-hybridized carbons (Fsp3) is 0.0870. The average Bonchev–Trinajstić information content (AvgIpc) is 3.53. The SMILES string of the molecule is O=C(Nc1nc(-c2cccs2)cs1)c1cccc(NC(=O)C2Cc3ccccc3O2)c1. The number of thiophene rings is 1. The summed E-state index contributed by atoms with van der Waals surface area (Å²) in [4.78, 5) is 30.8. The molecule has 154 valence electrons. The van der Waals surface area contributed by atoms with Gasteiger partial charge in [-0.25, -0.2) is 4.98 Å². The standard InChI is InChI=1S/C23H17N3O3S2/c27-21(26-23-25-17(13-31-23)20-9-4-10-30-20)15-6-3-7-16(11-15)24-22(28)19-12-14-5-1-2-8-18(14)29-19/h1-11,13,19H,12H2,(H,24,28)(H,25,26,27). The number of thiazole rings is 1. The van der Waals surface area contributed by atoms with Crippen LogP contribution < -0.4 is 15.4 Å². The lowest BCUT2D eigenvalue weighted by Crippen LogP contribution is -2.31. The van der Waals surface area contributed by atoms with Crippen LogP contribution in [-0.4, -0.2) is 22.9 Å². The summed E-state index contributed by atoms with van der Waals surface area (Å²) in [6.07, 6.45) is -0.0559. The van der Waals surface area contributed by atoms with Gasteiger partial charge in [-0.05, 0) is 41.3 Å². The summed E-state index contributed by atoms with van der Waals surface area (Å²) in [5.74, 6) is 0.211. The molecule has 0 saturated heterocycles. The lowest BCUT2D eigenvalue weighted by Gasteiger charge is -2.12. The normalized spacial score (nSPS) is 14.5. The third-order valence-corrected chi connectivity index (χ3v) is 6.48. The predicted octanol–water partition coefficient (Wildman–Crippen LogP) is 5.07. The van der Waals surface area contributed by atoms with Gasteiger partial charge in [-0.1, -0.05) is 30.3 Å². The topological polar surface area (TPSA) is 80.3 Å². The second-order valence-electron chi connectivity index (χ2n) is 6.96. The maximum absolute atomic E-state index is 12.7. The first-order chi connectivity index (χ1) is 15.2. The molecular formula is C23H17N3O3S2. The van der Waals surface area contributed by atoms with Crippen molar-refractivity contribution in [2.45, 2.75) is 12.5 Å². The maximum Gasteiger partial charge on any atom is 0.265 e. The van der Waals surface area contributed by atoms with Crippen LogP contribution in [0.15, 0.2) is 71.4 Å². The zero-order valence-electron chi connectivity index (χ0n) is 16.2. The smallest absolute Gasteiger partial charge is 0.265 e. The largest absolute Gasteiger partial charge is 0.480 e. The first kappa shape index (κ1) is 19.5. The van der Waals surface area contributed by atoms with Crippen molar-refractivity contribution in [3.05, 3.63) is 82.6 Å². The number of hydrogen-bond donors (Lipinski definition) is 2. The fourth-order valence-electron chi connectivity index (χ4n) is 3.33. The highest BCUT2D eigenvalue weighted by Crippen LogP contribution is 2.30. The van der Waals surface area contributed by atoms with Gasteiger partial charge in [0.15, 0.2) is 11.2 Å². The van der Waals surface area contributed by atoms with Crippen LogP contribution in [0.3, 0.4) is 0 Å². The number of ether oxygens (including phenoxy) is 1. The number of fused-ring (bicyclic) bond motifs is 1. The number of para-hydroxylation sites is 1. The molecular weight excluding hydrogens is 430 g/mol. The zero-order valence-corrected chi connectivity index (χ0v) is 17.8.